The van der Waals surface area contributed by atoms with Crippen LogP contribution < -0.4 is 15.2 Å². The Labute approximate surface area is 197 Å². The van der Waals surface area contributed by atoms with Crippen LogP contribution in [0.3, 0.4) is 0 Å². The Bertz CT molecular complexity index is 1430. The lowest BCUT2D eigenvalue weighted by Crippen LogP contribution is -2.21. The maximum absolute atomic E-state index is 12.9. The van der Waals surface area contributed by atoms with Crippen LogP contribution in [0.25, 0.3) is 11.0 Å². The minimum absolute atomic E-state index is 0.113. The van der Waals surface area contributed by atoms with Crippen LogP contribution in [-0.2, 0) is 11.3 Å². The summed E-state index contributed by atoms with van der Waals surface area (Å²) in [5, 5.41) is 3.74. The number of carbonyl (C=O) groups is 1. The molecule has 1 unspecified atom stereocenters. The molecule has 0 fully saturated rings. The van der Waals surface area contributed by atoms with Gasteiger partial charge in [-0.15, -0.1) is 0 Å². The molecule has 2 aromatic heterocycles. The smallest absolute Gasteiger partial charge is 0.336 e. The minimum atomic E-state index is -2.45. The van der Waals surface area contributed by atoms with Crippen molar-refractivity contribution >= 4 is 72.9 Å². The molecular formula is C21H13BrClN3O5S. The van der Waals surface area contributed by atoms with Gasteiger partial charge in [-0.1, -0.05) is 23.7 Å². The van der Waals surface area contributed by atoms with E-state index in [4.69, 9.17) is 16.0 Å². The highest BCUT2D eigenvalue weighted by atomic mass is 79.9. The van der Waals surface area contributed by atoms with Crippen molar-refractivity contribution in [1.82, 2.24) is 4.98 Å². The predicted molar refractivity (Wildman–Crippen MR) is 127 cm³/mol. The lowest BCUT2D eigenvalue weighted by Gasteiger charge is -2.20. The molecule has 2 N–H and O–H groups in total. The summed E-state index contributed by atoms with van der Waals surface area (Å²) in [6.45, 7) is 0. The van der Waals surface area contributed by atoms with Gasteiger partial charge < -0.3 is 9.73 Å². The van der Waals surface area contributed by atoms with E-state index in [1.54, 1.807) is 36.4 Å². The number of anilines is 3. The first kappa shape index (κ1) is 22.2. The molecule has 2 aromatic carbocycles. The van der Waals surface area contributed by atoms with E-state index in [1.165, 1.54) is 30.5 Å². The van der Waals surface area contributed by atoms with Gasteiger partial charge in [-0.3, -0.25) is 9.35 Å². The molecule has 4 rings (SSSR count). The van der Waals surface area contributed by atoms with Crippen LogP contribution in [0.5, 0.6) is 0 Å². The van der Waals surface area contributed by atoms with Gasteiger partial charge in [0.15, 0.2) is 5.58 Å². The standard InChI is InChI=1S/C21H13BrClN3O5S/c22-16-11-14(5-6-17(16)23)26(32(29)30)18-10-13(8-9-24-18)25-21(28)15-3-1-2-12-4-7-19(27)31-20(12)15/h1-11H,(H,29,30)(H,24,25,28). The molecular weight excluding hydrogens is 522 g/mol. The number of nitrogens with one attached hydrogen (secondary N) is 1. The number of pyridine rings is 1. The summed E-state index contributed by atoms with van der Waals surface area (Å²) in [4.78, 5) is 28.6. The molecule has 0 saturated carbocycles. The van der Waals surface area contributed by atoms with Crippen LogP contribution in [0.4, 0.5) is 17.2 Å². The number of hydrogen-bond acceptors (Lipinski definition) is 5. The average molecular weight is 535 g/mol. The third-order valence-corrected chi connectivity index (χ3v) is 6.32. The number of rotatable bonds is 5. The van der Waals surface area contributed by atoms with Crippen molar-refractivity contribution in [2.24, 2.45) is 0 Å². The third kappa shape index (κ3) is 4.58. The molecule has 4 aromatic rings. The van der Waals surface area contributed by atoms with E-state index in [0.717, 1.165) is 4.31 Å². The first-order valence-corrected chi connectivity index (χ1v) is 11.2. The predicted octanol–water partition coefficient (Wildman–Crippen LogP) is 5.13. The fraction of sp³-hybridized carbons (Fsp3) is 0. The van der Waals surface area contributed by atoms with Gasteiger partial charge in [0, 0.05) is 33.9 Å². The quantitative estimate of drug-likeness (QED) is 0.271. The van der Waals surface area contributed by atoms with E-state index in [9.17, 15) is 18.4 Å². The molecule has 162 valence electrons. The Morgan fingerprint density at radius 3 is 2.72 bits per heavy atom. The summed E-state index contributed by atoms with van der Waals surface area (Å²) >= 11 is 6.84. The maximum atomic E-state index is 12.9. The SMILES string of the molecule is O=C(Nc1ccnc(N(c2ccc(Cl)c(Br)c2)S(=O)O)c1)c1cccc2ccc(=O)oc12. The first-order chi connectivity index (χ1) is 15.3. The topological polar surface area (TPSA) is 113 Å². The fourth-order valence-electron chi connectivity index (χ4n) is 2.99. The monoisotopic (exact) mass is 533 g/mol. The summed E-state index contributed by atoms with van der Waals surface area (Å²) < 4.78 is 28.7. The molecule has 32 heavy (non-hydrogen) atoms. The number of nitrogens with zero attached hydrogens (tertiary/aromatic N) is 2. The van der Waals surface area contributed by atoms with E-state index >= 15 is 0 Å². The normalized spacial score (nSPS) is 11.8. The Kier molecular flexibility index (Phi) is 6.38. The largest absolute Gasteiger partial charge is 0.422 e. The van der Waals surface area contributed by atoms with Crippen molar-refractivity contribution in [1.29, 1.82) is 0 Å². The molecule has 0 aliphatic carbocycles. The number of para-hydroxylation sites is 1. The molecule has 0 radical (unpaired) electrons. The van der Waals surface area contributed by atoms with Crippen LogP contribution >= 0.6 is 27.5 Å². The summed E-state index contributed by atoms with van der Waals surface area (Å²) in [6.07, 6.45) is 1.39. The van der Waals surface area contributed by atoms with E-state index < -0.39 is 22.8 Å². The van der Waals surface area contributed by atoms with Gasteiger partial charge in [-0.05, 0) is 52.3 Å². The van der Waals surface area contributed by atoms with Gasteiger partial charge in [0.2, 0.25) is 0 Å². The number of carbonyl (C=O) groups excluding carboxylic acids is 1. The number of benzene rings is 2. The number of hydrogen-bond donors (Lipinski definition) is 2. The van der Waals surface area contributed by atoms with Crippen LogP contribution in [0.15, 0.2) is 80.5 Å². The van der Waals surface area contributed by atoms with E-state index in [2.05, 4.69) is 26.2 Å². The van der Waals surface area contributed by atoms with E-state index in [-0.39, 0.29) is 17.0 Å². The average Bonchev–Trinajstić information content (AvgIpc) is 2.76. The van der Waals surface area contributed by atoms with E-state index in [0.29, 0.717) is 26.3 Å². The van der Waals surface area contributed by atoms with Crippen molar-refractivity contribution in [2.45, 2.75) is 0 Å². The molecule has 11 heteroatoms. The zero-order chi connectivity index (χ0) is 22.8. The summed E-state index contributed by atoms with van der Waals surface area (Å²) in [7, 11) is 0. The van der Waals surface area contributed by atoms with Crippen molar-refractivity contribution < 1.29 is 18.0 Å². The van der Waals surface area contributed by atoms with Crippen molar-refractivity contribution in [3.63, 3.8) is 0 Å². The van der Waals surface area contributed by atoms with Crippen molar-refractivity contribution in [3.8, 4) is 0 Å². The summed E-state index contributed by atoms with van der Waals surface area (Å²) in [5.41, 5.74) is 0.436. The van der Waals surface area contributed by atoms with Crippen LogP contribution in [0.2, 0.25) is 5.02 Å². The van der Waals surface area contributed by atoms with Crippen LogP contribution in [-0.4, -0.2) is 19.7 Å². The highest BCUT2D eigenvalue weighted by molar-refractivity contribution is 9.10. The number of amides is 1. The van der Waals surface area contributed by atoms with Gasteiger partial charge in [-0.2, -0.15) is 0 Å². The lowest BCUT2D eigenvalue weighted by molar-refractivity contribution is 0.102. The Balaban J connectivity index is 1.68. The highest BCUT2D eigenvalue weighted by Crippen LogP contribution is 2.32. The number of aromatic nitrogens is 1. The van der Waals surface area contributed by atoms with Crippen LogP contribution in [0, 0.1) is 0 Å². The molecule has 0 aliphatic rings. The third-order valence-electron chi connectivity index (χ3n) is 4.40. The van der Waals surface area contributed by atoms with Crippen molar-refractivity contribution in [2.75, 3.05) is 9.62 Å². The second-order valence-electron chi connectivity index (χ2n) is 6.46. The molecule has 8 nitrogen and oxygen atoms in total. The van der Waals surface area contributed by atoms with E-state index in [1.807, 2.05) is 0 Å². The Morgan fingerprint density at radius 1 is 1.16 bits per heavy atom. The molecule has 0 spiro atoms. The van der Waals surface area contributed by atoms with Gasteiger partial charge in [0.25, 0.3) is 17.2 Å². The Morgan fingerprint density at radius 2 is 1.97 bits per heavy atom. The first-order valence-electron chi connectivity index (χ1n) is 9.00. The molecule has 1 amide bonds. The second kappa shape index (κ2) is 9.21. The van der Waals surface area contributed by atoms with Gasteiger partial charge >= 0.3 is 5.63 Å². The van der Waals surface area contributed by atoms with Gasteiger partial charge in [0.05, 0.1) is 16.3 Å². The van der Waals surface area contributed by atoms with Crippen molar-refractivity contribution in [3.05, 3.63) is 92.3 Å². The van der Waals surface area contributed by atoms with Gasteiger partial charge in [0.1, 0.15) is 5.82 Å². The maximum Gasteiger partial charge on any atom is 0.336 e. The zero-order valence-electron chi connectivity index (χ0n) is 16.0. The second-order valence-corrected chi connectivity index (χ2v) is 8.55. The Hall–Kier alpha value is -3.05. The number of fused-ring (bicyclic) bond motifs is 1. The molecule has 2 heterocycles. The summed E-state index contributed by atoms with van der Waals surface area (Å²) in [5.74, 6) is -0.407. The molecule has 1 atom stereocenters. The minimum Gasteiger partial charge on any atom is -0.422 e. The lowest BCUT2D eigenvalue weighted by atomic mass is 10.1. The fourth-order valence-corrected chi connectivity index (χ4v) is 4.03. The number of halogens is 2. The summed E-state index contributed by atoms with van der Waals surface area (Å²) in [6, 6.07) is 15.4. The zero-order valence-corrected chi connectivity index (χ0v) is 19.1. The highest BCUT2D eigenvalue weighted by Gasteiger charge is 2.19. The van der Waals surface area contributed by atoms with Crippen LogP contribution in [0.1, 0.15) is 10.4 Å². The molecule has 0 bridgehead atoms. The molecule has 0 saturated heterocycles. The molecule has 0 aliphatic heterocycles. The van der Waals surface area contributed by atoms with Gasteiger partial charge in [-0.25, -0.2) is 18.3 Å².